The molecule has 0 spiro atoms. The molecule has 3 rings (SSSR count). The number of ether oxygens (including phenoxy) is 1. The summed E-state index contributed by atoms with van der Waals surface area (Å²) in [4.78, 5) is 18.9. The number of rotatable bonds is 5. The van der Waals surface area contributed by atoms with E-state index in [9.17, 15) is 4.79 Å². The summed E-state index contributed by atoms with van der Waals surface area (Å²) in [6, 6.07) is 10.0. The molecule has 5 nitrogen and oxygen atoms in total. The van der Waals surface area contributed by atoms with E-state index in [-0.39, 0.29) is 5.91 Å². The number of hydrogen-bond acceptors (Lipinski definition) is 5. The first-order chi connectivity index (χ1) is 10.8. The number of nitrogens with zero attached hydrogens (tertiary/aromatic N) is 2. The van der Waals surface area contributed by atoms with E-state index in [0.717, 1.165) is 17.1 Å². The number of thiazole rings is 1. The Hall–Kier alpha value is -1.76. The maximum absolute atomic E-state index is 12.8. The van der Waals surface area contributed by atoms with Gasteiger partial charge in [0.15, 0.2) is 0 Å². The lowest BCUT2D eigenvalue weighted by Gasteiger charge is -2.29. The number of carbonyl (C=O) groups is 1. The van der Waals surface area contributed by atoms with Crippen LogP contribution in [0.2, 0.25) is 0 Å². The average Bonchev–Trinajstić information content (AvgIpc) is 3.08. The van der Waals surface area contributed by atoms with E-state index in [1.54, 1.807) is 17.5 Å². The van der Waals surface area contributed by atoms with Crippen molar-refractivity contribution in [3.63, 3.8) is 0 Å². The molecule has 2 aromatic rings. The molecule has 1 aliphatic rings. The number of morpholine rings is 1. The van der Waals surface area contributed by atoms with Gasteiger partial charge in [-0.15, -0.1) is 11.3 Å². The van der Waals surface area contributed by atoms with Gasteiger partial charge in [-0.05, 0) is 5.56 Å². The standard InChI is InChI=1S/C16H19N3O2S/c20-16(14-10-17-6-8-21-14)19(12-15-18-7-9-22-15)11-13-4-2-1-3-5-13/h1-5,7,9,14,17H,6,8,10-12H2/t14-/m0/s1. The molecule has 0 saturated carbocycles. The fourth-order valence-corrected chi connectivity index (χ4v) is 3.07. The molecule has 22 heavy (non-hydrogen) atoms. The molecule has 1 amide bonds. The predicted molar refractivity (Wildman–Crippen MR) is 85.4 cm³/mol. The fourth-order valence-electron chi connectivity index (χ4n) is 2.44. The Kier molecular flexibility index (Phi) is 5.15. The van der Waals surface area contributed by atoms with Gasteiger partial charge in [0.2, 0.25) is 0 Å². The molecule has 1 aromatic carbocycles. The zero-order valence-corrected chi connectivity index (χ0v) is 13.1. The second-order valence-corrected chi connectivity index (χ2v) is 6.15. The summed E-state index contributed by atoms with van der Waals surface area (Å²) in [5.41, 5.74) is 1.11. The van der Waals surface area contributed by atoms with Crippen LogP contribution in [0.3, 0.4) is 0 Å². The van der Waals surface area contributed by atoms with E-state index in [4.69, 9.17) is 4.74 Å². The van der Waals surface area contributed by atoms with E-state index in [1.165, 1.54) is 0 Å². The highest BCUT2D eigenvalue weighted by atomic mass is 32.1. The number of aromatic nitrogens is 1. The minimum Gasteiger partial charge on any atom is -0.366 e. The summed E-state index contributed by atoms with van der Waals surface area (Å²) in [6.45, 7) is 3.04. The molecule has 2 heterocycles. The number of benzene rings is 1. The minimum atomic E-state index is -0.405. The van der Waals surface area contributed by atoms with Gasteiger partial charge in [0.1, 0.15) is 11.1 Å². The van der Waals surface area contributed by atoms with Crippen molar-refractivity contribution in [3.8, 4) is 0 Å². The molecule has 1 aromatic heterocycles. The van der Waals surface area contributed by atoms with Crippen molar-refractivity contribution >= 4 is 17.2 Å². The first-order valence-corrected chi connectivity index (χ1v) is 8.24. The van der Waals surface area contributed by atoms with Gasteiger partial charge in [0.25, 0.3) is 5.91 Å². The molecule has 0 radical (unpaired) electrons. The van der Waals surface area contributed by atoms with Crippen LogP contribution < -0.4 is 5.32 Å². The Morgan fingerprint density at radius 3 is 2.91 bits per heavy atom. The third kappa shape index (κ3) is 3.91. The topological polar surface area (TPSA) is 54.5 Å². The molecule has 1 fully saturated rings. The predicted octanol–water partition coefficient (Wildman–Crippen LogP) is 1.66. The van der Waals surface area contributed by atoms with Crippen LogP contribution in [0, 0.1) is 0 Å². The Morgan fingerprint density at radius 2 is 2.23 bits per heavy atom. The maximum atomic E-state index is 12.8. The third-order valence-corrected chi connectivity index (χ3v) is 4.30. The van der Waals surface area contributed by atoms with Gasteiger partial charge < -0.3 is 15.0 Å². The molecule has 0 bridgehead atoms. The monoisotopic (exact) mass is 317 g/mol. The van der Waals surface area contributed by atoms with Gasteiger partial charge >= 0.3 is 0 Å². The van der Waals surface area contributed by atoms with Gasteiger partial charge in [-0.2, -0.15) is 0 Å². The van der Waals surface area contributed by atoms with E-state index >= 15 is 0 Å². The van der Waals surface area contributed by atoms with E-state index < -0.39 is 6.10 Å². The normalized spacial score (nSPS) is 18.1. The van der Waals surface area contributed by atoms with Crippen LogP contribution in [0.5, 0.6) is 0 Å². The van der Waals surface area contributed by atoms with Crippen molar-refractivity contribution in [1.82, 2.24) is 15.2 Å². The van der Waals surface area contributed by atoms with Gasteiger partial charge in [-0.25, -0.2) is 4.98 Å². The van der Waals surface area contributed by atoms with Gasteiger partial charge in [-0.3, -0.25) is 4.79 Å². The molecule has 0 unspecified atom stereocenters. The van der Waals surface area contributed by atoms with Crippen molar-refractivity contribution in [1.29, 1.82) is 0 Å². The van der Waals surface area contributed by atoms with Crippen molar-refractivity contribution in [3.05, 3.63) is 52.5 Å². The summed E-state index contributed by atoms with van der Waals surface area (Å²) in [7, 11) is 0. The molecule has 6 heteroatoms. The first kappa shape index (κ1) is 15.1. The number of amides is 1. The van der Waals surface area contributed by atoms with Crippen LogP contribution in [0.1, 0.15) is 10.6 Å². The first-order valence-electron chi connectivity index (χ1n) is 7.36. The van der Waals surface area contributed by atoms with Crippen molar-refractivity contribution in [2.75, 3.05) is 19.7 Å². The number of nitrogens with one attached hydrogen (secondary N) is 1. The van der Waals surface area contributed by atoms with Crippen LogP contribution in [-0.2, 0) is 22.6 Å². The largest absolute Gasteiger partial charge is 0.366 e. The molecule has 1 N–H and O–H groups in total. The summed E-state index contributed by atoms with van der Waals surface area (Å²) < 4.78 is 5.61. The molecule has 116 valence electrons. The fraction of sp³-hybridized carbons (Fsp3) is 0.375. The van der Waals surface area contributed by atoms with Crippen molar-refractivity contribution < 1.29 is 9.53 Å². The van der Waals surface area contributed by atoms with Crippen LogP contribution in [0.4, 0.5) is 0 Å². The highest BCUT2D eigenvalue weighted by molar-refractivity contribution is 7.09. The minimum absolute atomic E-state index is 0.0197. The van der Waals surface area contributed by atoms with E-state index in [2.05, 4.69) is 10.3 Å². The average molecular weight is 317 g/mol. The molecular formula is C16H19N3O2S. The third-order valence-electron chi connectivity index (χ3n) is 3.54. The molecular weight excluding hydrogens is 298 g/mol. The SMILES string of the molecule is O=C([C@@H]1CNCCO1)N(Cc1ccccc1)Cc1nccs1. The van der Waals surface area contributed by atoms with E-state index in [0.29, 0.717) is 26.2 Å². The summed E-state index contributed by atoms with van der Waals surface area (Å²) in [5.74, 6) is 0.0197. The Morgan fingerprint density at radius 1 is 1.36 bits per heavy atom. The van der Waals surface area contributed by atoms with E-state index in [1.807, 2.05) is 40.6 Å². The zero-order valence-electron chi connectivity index (χ0n) is 12.3. The lowest BCUT2D eigenvalue weighted by molar-refractivity contribution is -0.146. The van der Waals surface area contributed by atoms with Crippen molar-refractivity contribution in [2.45, 2.75) is 19.2 Å². The lowest BCUT2D eigenvalue weighted by atomic mass is 10.2. The molecule has 0 aliphatic carbocycles. The van der Waals surface area contributed by atoms with Gasteiger partial charge in [0, 0.05) is 31.2 Å². The number of carbonyl (C=O) groups excluding carboxylic acids is 1. The Balaban J connectivity index is 1.74. The lowest BCUT2D eigenvalue weighted by Crippen LogP contribution is -2.49. The molecule has 1 saturated heterocycles. The second kappa shape index (κ2) is 7.49. The molecule has 1 aliphatic heterocycles. The zero-order chi connectivity index (χ0) is 15.2. The van der Waals surface area contributed by atoms with Crippen LogP contribution >= 0.6 is 11.3 Å². The van der Waals surface area contributed by atoms with Gasteiger partial charge in [-0.1, -0.05) is 30.3 Å². The van der Waals surface area contributed by atoms with Crippen LogP contribution in [0.15, 0.2) is 41.9 Å². The van der Waals surface area contributed by atoms with Crippen molar-refractivity contribution in [2.24, 2.45) is 0 Å². The van der Waals surface area contributed by atoms with Crippen LogP contribution in [0.25, 0.3) is 0 Å². The smallest absolute Gasteiger partial charge is 0.253 e. The maximum Gasteiger partial charge on any atom is 0.253 e. The Labute approximate surface area is 133 Å². The summed E-state index contributed by atoms with van der Waals surface area (Å²) in [5, 5.41) is 6.08. The summed E-state index contributed by atoms with van der Waals surface area (Å²) >= 11 is 1.56. The molecule has 1 atom stereocenters. The quantitative estimate of drug-likeness (QED) is 0.911. The Bertz CT molecular complexity index is 583. The van der Waals surface area contributed by atoms with Gasteiger partial charge in [0.05, 0.1) is 13.2 Å². The summed E-state index contributed by atoms with van der Waals surface area (Å²) in [6.07, 6.45) is 1.36. The number of hydrogen-bond donors (Lipinski definition) is 1. The van der Waals surface area contributed by atoms with Crippen LogP contribution in [-0.4, -0.2) is 41.6 Å². The second-order valence-electron chi connectivity index (χ2n) is 5.17. The highest BCUT2D eigenvalue weighted by Crippen LogP contribution is 2.14. The highest BCUT2D eigenvalue weighted by Gasteiger charge is 2.27.